The summed E-state index contributed by atoms with van der Waals surface area (Å²) in [5.41, 5.74) is 20.5. The Balaban J connectivity index is 0.000000142. The zero-order valence-electron chi connectivity index (χ0n) is 56.4. The monoisotopic (exact) mass is 1160 g/mol. The zero-order valence-corrected chi connectivity index (χ0v) is 56.4. The Kier molecular flexibility index (Phi) is 28.0. The molecular formula is C87H114. The Morgan fingerprint density at radius 1 is 0.356 bits per heavy atom. The molecule has 6 aliphatic carbocycles. The van der Waals surface area contributed by atoms with Crippen LogP contribution in [0.25, 0.3) is 0 Å². The molecule has 0 saturated heterocycles. The van der Waals surface area contributed by atoms with Crippen LogP contribution in [-0.4, -0.2) is 0 Å². The fourth-order valence-electron chi connectivity index (χ4n) is 14.1. The summed E-state index contributed by atoms with van der Waals surface area (Å²) in [6.07, 6.45) is 22.7. The topological polar surface area (TPSA) is 0 Å². The van der Waals surface area contributed by atoms with E-state index in [1.165, 1.54) is 120 Å². The van der Waals surface area contributed by atoms with Crippen LogP contribution in [0.1, 0.15) is 249 Å². The largest absolute Gasteiger partial charge is 0.0625 e. The van der Waals surface area contributed by atoms with E-state index in [0.717, 1.165) is 47.3 Å². The quantitative estimate of drug-likeness (QED) is 0.165. The molecule has 0 aromatic heterocycles. The van der Waals surface area contributed by atoms with E-state index < -0.39 is 0 Å². The highest BCUT2D eigenvalue weighted by Crippen LogP contribution is 2.42. The third-order valence-corrected chi connectivity index (χ3v) is 19.6. The SMILES string of the molecule is CC(C)Cc1ccccc1.CC(C)c1ccccc1.CC1CCC(C)(C)c2ccccc21.CC1CCC(c2ccccc2)CC1.CC1CCCc2ccccc21.CC1CCc2ccccc21.CC1CCc2ccccc2C1.CC1Cc2ccccc2C1. The molecule has 0 N–H and O–H groups in total. The predicted molar refractivity (Wildman–Crippen MR) is 381 cm³/mol. The number of hydrogen-bond acceptors (Lipinski definition) is 0. The molecule has 1 saturated carbocycles. The van der Waals surface area contributed by atoms with Crippen molar-refractivity contribution in [3.8, 4) is 0 Å². The lowest BCUT2D eigenvalue weighted by Gasteiger charge is -2.35. The number of rotatable bonds is 4. The molecule has 0 spiro atoms. The lowest BCUT2D eigenvalue weighted by atomic mass is 9.69. The van der Waals surface area contributed by atoms with Crippen molar-refractivity contribution in [2.45, 2.75) is 227 Å². The van der Waals surface area contributed by atoms with Crippen molar-refractivity contribution in [3.05, 3.63) is 285 Å². The van der Waals surface area contributed by atoms with Gasteiger partial charge in [-0.1, -0.05) is 308 Å². The van der Waals surface area contributed by atoms with Crippen LogP contribution in [-0.2, 0) is 50.4 Å². The van der Waals surface area contributed by atoms with Crippen molar-refractivity contribution in [2.75, 3.05) is 0 Å². The van der Waals surface area contributed by atoms with E-state index in [1.807, 2.05) is 6.07 Å². The normalized spacial score (nSPS) is 20.7. The van der Waals surface area contributed by atoms with Gasteiger partial charge in [-0.3, -0.25) is 0 Å². The highest BCUT2D eigenvalue weighted by Gasteiger charge is 2.30. The minimum absolute atomic E-state index is 0.392. The fourth-order valence-corrected chi connectivity index (χ4v) is 14.1. The highest BCUT2D eigenvalue weighted by molar-refractivity contribution is 5.39. The molecule has 0 radical (unpaired) electrons. The summed E-state index contributed by atoms with van der Waals surface area (Å²) in [7, 11) is 0. The molecular weight excluding hydrogens is 1040 g/mol. The van der Waals surface area contributed by atoms with Crippen molar-refractivity contribution < 1.29 is 0 Å². The molecule has 462 valence electrons. The van der Waals surface area contributed by atoms with Crippen molar-refractivity contribution in [1.82, 2.24) is 0 Å². The molecule has 4 unspecified atom stereocenters. The first kappa shape index (κ1) is 68.3. The van der Waals surface area contributed by atoms with Gasteiger partial charge in [-0.25, -0.2) is 0 Å². The second-order valence-corrected chi connectivity index (χ2v) is 28.5. The summed E-state index contributed by atoms with van der Waals surface area (Å²) in [5.74, 6) is 7.34. The van der Waals surface area contributed by atoms with Crippen molar-refractivity contribution >= 4 is 0 Å². The molecule has 0 bridgehead atoms. The minimum atomic E-state index is 0.392. The van der Waals surface area contributed by atoms with E-state index in [4.69, 9.17) is 0 Å². The van der Waals surface area contributed by atoms with Crippen LogP contribution in [0.15, 0.2) is 212 Å². The van der Waals surface area contributed by atoms with Gasteiger partial charge in [0, 0.05) is 0 Å². The van der Waals surface area contributed by atoms with Crippen LogP contribution < -0.4 is 0 Å². The third kappa shape index (κ3) is 22.4. The van der Waals surface area contributed by atoms with E-state index >= 15 is 0 Å². The molecule has 0 heterocycles. The first-order valence-corrected chi connectivity index (χ1v) is 34.6. The van der Waals surface area contributed by atoms with Crippen molar-refractivity contribution in [1.29, 1.82) is 0 Å². The third-order valence-electron chi connectivity index (χ3n) is 19.6. The lowest BCUT2D eigenvalue weighted by Crippen LogP contribution is -2.25. The van der Waals surface area contributed by atoms with Crippen LogP contribution in [0.5, 0.6) is 0 Å². The molecule has 8 aromatic carbocycles. The van der Waals surface area contributed by atoms with Gasteiger partial charge in [0.15, 0.2) is 0 Å². The maximum atomic E-state index is 2.38. The van der Waals surface area contributed by atoms with E-state index in [0.29, 0.717) is 11.3 Å². The molecule has 0 amide bonds. The van der Waals surface area contributed by atoms with Gasteiger partial charge < -0.3 is 0 Å². The smallest absolute Gasteiger partial charge is 0.0101 e. The van der Waals surface area contributed by atoms with Gasteiger partial charge in [0.25, 0.3) is 0 Å². The Morgan fingerprint density at radius 3 is 1.30 bits per heavy atom. The average Bonchev–Trinajstić information content (AvgIpc) is 4.26. The Hall–Kier alpha value is -6.24. The molecule has 0 aliphatic heterocycles. The number of benzene rings is 8. The molecule has 8 aromatic rings. The molecule has 4 atom stereocenters. The first-order chi connectivity index (χ1) is 42.0. The molecule has 0 nitrogen and oxygen atoms in total. The minimum Gasteiger partial charge on any atom is -0.0625 e. The van der Waals surface area contributed by atoms with Gasteiger partial charge in [-0.15, -0.1) is 0 Å². The van der Waals surface area contributed by atoms with Crippen LogP contribution in [0, 0.1) is 23.7 Å². The average molecular weight is 1160 g/mol. The Morgan fingerprint density at radius 2 is 0.782 bits per heavy atom. The zero-order chi connectivity index (χ0) is 62.0. The maximum absolute atomic E-state index is 2.38. The standard InChI is InChI=1S/2C13H18.2C11H14.2C10H12.C10H14.C9H12/c1-10-8-9-13(2,3)12-7-5-4-6-11(10)12;1-11-7-9-13(10-8-11)12-5-3-2-4-6-12;1-9-5-4-7-10-6-2-3-8-11(9)10;1-9-6-7-10-4-2-3-5-11(10)8-9;1-8-6-9-4-2-3-5-10(9)7-8;1-8-6-7-9-4-2-3-5-10(8)9;1-9(2)8-10-6-4-3-5-7-10;1-8(2)9-6-4-3-5-7-9/h4-7,10H,8-9H2,1-3H3;2-6,11,13H,7-10H2,1H3;2-3,6,8-9H,4-5,7H2,1H3;2-5,9H,6-8H2,1H3;2*2-5,8H,6-7H2,1H3;3-7,9H,8H2,1-2H3;3-8H,1-2H3. The van der Waals surface area contributed by atoms with Crippen LogP contribution >= 0.6 is 0 Å². The van der Waals surface area contributed by atoms with Gasteiger partial charge in [0.2, 0.25) is 0 Å². The molecule has 87 heavy (non-hydrogen) atoms. The highest BCUT2D eigenvalue weighted by atomic mass is 14.3. The van der Waals surface area contributed by atoms with E-state index in [2.05, 4.69) is 289 Å². The first-order valence-electron chi connectivity index (χ1n) is 34.6. The van der Waals surface area contributed by atoms with Gasteiger partial charge in [0.05, 0.1) is 0 Å². The number of fused-ring (bicyclic) bond motifs is 5. The van der Waals surface area contributed by atoms with Crippen LogP contribution in [0.3, 0.4) is 0 Å². The summed E-state index contributed by atoms with van der Waals surface area (Å²) in [6.45, 7) is 27.6. The summed E-state index contributed by atoms with van der Waals surface area (Å²) < 4.78 is 0. The van der Waals surface area contributed by atoms with Gasteiger partial charge in [-0.2, -0.15) is 0 Å². The molecule has 1 fully saturated rings. The molecule has 14 rings (SSSR count). The Bertz CT molecular complexity index is 3120. The molecule has 0 heteroatoms. The van der Waals surface area contributed by atoms with E-state index in [9.17, 15) is 0 Å². The lowest BCUT2D eigenvalue weighted by molar-refractivity contribution is 0.348. The summed E-state index contributed by atoms with van der Waals surface area (Å²) in [6, 6.07) is 76.3. The van der Waals surface area contributed by atoms with Gasteiger partial charge >= 0.3 is 0 Å². The van der Waals surface area contributed by atoms with Crippen molar-refractivity contribution in [3.63, 3.8) is 0 Å². The second kappa shape index (κ2) is 35.7. The van der Waals surface area contributed by atoms with E-state index in [-0.39, 0.29) is 0 Å². The summed E-state index contributed by atoms with van der Waals surface area (Å²) in [5, 5.41) is 0. The summed E-state index contributed by atoms with van der Waals surface area (Å²) in [4.78, 5) is 0. The number of aryl methyl sites for hydroxylation is 3. The number of hydrogen-bond donors (Lipinski definition) is 0. The maximum Gasteiger partial charge on any atom is -0.0101 e. The molecule has 6 aliphatic rings. The Labute approximate surface area is 532 Å². The van der Waals surface area contributed by atoms with Crippen LogP contribution in [0.2, 0.25) is 0 Å². The fraction of sp³-hybridized carbons (Fsp3) is 0.448. The second-order valence-electron chi connectivity index (χ2n) is 28.5. The van der Waals surface area contributed by atoms with Gasteiger partial charge in [-0.05, 0) is 227 Å². The van der Waals surface area contributed by atoms with Gasteiger partial charge in [0.1, 0.15) is 0 Å². The summed E-state index contributed by atoms with van der Waals surface area (Å²) >= 11 is 0. The van der Waals surface area contributed by atoms with Crippen molar-refractivity contribution in [2.24, 2.45) is 23.7 Å². The van der Waals surface area contributed by atoms with E-state index in [1.54, 1.807) is 61.2 Å². The predicted octanol–water partition coefficient (Wildman–Crippen LogP) is 24.6. The van der Waals surface area contributed by atoms with Crippen LogP contribution in [0.4, 0.5) is 0 Å².